The molecule has 0 radical (unpaired) electrons. The molecule has 3 nitrogen and oxygen atoms in total. The van der Waals surface area contributed by atoms with Crippen LogP contribution in [0.2, 0.25) is 0 Å². The van der Waals surface area contributed by atoms with E-state index < -0.39 is 0 Å². The molecule has 1 unspecified atom stereocenters. The number of nitrogens with one attached hydrogen (secondary N) is 1. The van der Waals surface area contributed by atoms with E-state index in [2.05, 4.69) is 19.2 Å². The molecule has 3 N–H and O–H groups in total. The van der Waals surface area contributed by atoms with Crippen LogP contribution in [0.5, 0.6) is 0 Å². The van der Waals surface area contributed by atoms with Crippen LogP contribution in [0.15, 0.2) is 0 Å². The first-order chi connectivity index (χ1) is 7.52. The van der Waals surface area contributed by atoms with Crippen molar-refractivity contribution in [3.63, 3.8) is 0 Å². The zero-order chi connectivity index (χ0) is 12.6. The normalized spacial score (nSPS) is 14.9. The Hall–Kier alpha value is -0.570. The van der Waals surface area contributed by atoms with Crippen LogP contribution in [0.25, 0.3) is 0 Å². The summed E-state index contributed by atoms with van der Waals surface area (Å²) in [6.45, 7) is 9.09. The Morgan fingerprint density at radius 1 is 1.31 bits per heavy atom. The average molecular weight is 228 g/mol. The molecular weight excluding hydrogens is 200 g/mol. The molecule has 0 aromatic rings. The van der Waals surface area contributed by atoms with Gasteiger partial charge in [0.15, 0.2) is 0 Å². The summed E-state index contributed by atoms with van der Waals surface area (Å²) < 4.78 is 0. The molecule has 1 amide bonds. The van der Waals surface area contributed by atoms with Crippen molar-refractivity contribution in [3.05, 3.63) is 0 Å². The highest BCUT2D eigenvalue weighted by molar-refractivity contribution is 5.81. The molecule has 0 aliphatic rings. The minimum Gasteiger partial charge on any atom is -0.354 e. The van der Waals surface area contributed by atoms with E-state index in [1.54, 1.807) is 0 Å². The largest absolute Gasteiger partial charge is 0.354 e. The first-order valence-electron chi connectivity index (χ1n) is 6.56. The van der Waals surface area contributed by atoms with Crippen LogP contribution in [0.1, 0.15) is 53.4 Å². The smallest absolute Gasteiger partial charge is 0.237 e. The number of hydrogen-bond acceptors (Lipinski definition) is 2. The number of amides is 1. The predicted octanol–water partition coefficient (Wildman–Crippen LogP) is 2.30. The lowest BCUT2D eigenvalue weighted by Crippen LogP contribution is -2.45. The zero-order valence-electron chi connectivity index (χ0n) is 11.3. The Bertz CT molecular complexity index is 192. The lowest BCUT2D eigenvalue weighted by molar-refractivity contribution is -0.123. The number of carbonyl (C=O) groups excluding carboxylic acids is 1. The molecule has 0 aliphatic heterocycles. The van der Waals surface area contributed by atoms with Gasteiger partial charge in [0.25, 0.3) is 0 Å². The van der Waals surface area contributed by atoms with Gasteiger partial charge in [-0.1, -0.05) is 47.0 Å². The highest BCUT2D eigenvalue weighted by Crippen LogP contribution is 2.11. The second kappa shape index (κ2) is 8.57. The molecule has 0 aromatic heterocycles. The summed E-state index contributed by atoms with van der Waals surface area (Å²) in [6.07, 6.45) is 4.78. The van der Waals surface area contributed by atoms with Crippen molar-refractivity contribution < 1.29 is 4.79 Å². The summed E-state index contributed by atoms with van der Waals surface area (Å²) in [5.41, 5.74) is 5.78. The van der Waals surface area contributed by atoms with E-state index in [1.165, 1.54) is 19.3 Å². The van der Waals surface area contributed by atoms with E-state index in [9.17, 15) is 4.79 Å². The first-order valence-corrected chi connectivity index (χ1v) is 6.56. The van der Waals surface area contributed by atoms with Gasteiger partial charge < -0.3 is 11.1 Å². The van der Waals surface area contributed by atoms with Crippen molar-refractivity contribution >= 4 is 5.91 Å². The molecule has 0 spiro atoms. The van der Waals surface area contributed by atoms with Gasteiger partial charge in [-0.05, 0) is 18.3 Å². The van der Waals surface area contributed by atoms with Crippen LogP contribution in [-0.4, -0.2) is 18.5 Å². The fourth-order valence-corrected chi connectivity index (χ4v) is 1.61. The Morgan fingerprint density at radius 3 is 2.38 bits per heavy atom. The van der Waals surface area contributed by atoms with Crippen molar-refractivity contribution in [3.8, 4) is 0 Å². The quantitative estimate of drug-likeness (QED) is 0.670. The first kappa shape index (κ1) is 15.4. The molecule has 0 aromatic carbocycles. The monoisotopic (exact) mass is 228 g/mol. The van der Waals surface area contributed by atoms with Gasteiger partial charge in [-0.25, -0.2) is 0 Å². The summed E-state index contributed by atoms with van der Waals surface area (Å²) >= 11 is 0. The molecule has 0 fully saturated rings. The number of hydrogen-bond donors (Lipinski definition) is 2. The van der Waals surface area contributed by atoms with Crippen LogP contribution < -0.4 is 11.1 Å². The summed E-state index contributed by atoms with van der Waals surface area (Å²) in [4.78, 5) is 11.6. The van der Waals surface area contributed by atoms with Gasteiger partial charge in [-0.15, -0.1) is 0 Å². The van der Waals surface area contributed by atoms with Crippen molar-refractivity contribution in [2.75, 3.05) is 6.54 Å². The Morgan fingerprint density at radius 2 is 1.94 bits per heavy atom. The molecule has 0 saturated carbocycles. The number of rotatable bonds is 8. The van der Waals surface area contributed by atoms with E-state index in [0.29, 0.717) is 5.92 Å². The number of unbranched alkanes of at least 4 members (excludes halogenated alkanes) is 1. The van der Waals surface area contributed by atoms with Crippen LogP contribution in [0.3, 0.4) is 0 Å². The van der Waals surface area contributed by atoms with E-state index in [0.717, 1.165) is 13.0 Å². The van der Waals surface area contributed by atoms with Gasteiger partial charge in [-0.2, -0.15) is 0 Å². The molecule has 2 atom stereocenters. The van der Waals surface area contributed by atoms with E-state index in [-0.39, 0.29) is 17.9 Å². The Balaban J connectivity index is 3.87. The molecule has 16 heavy (non-hydrogen) atoms. The Labute approximate surface area is 100 Å². The molecule has 3 heteroatoms. The topological polar surface area (TPSA) is 55.1 Å². The molecule has 96 valence electrons. The molecule has 0 heterocycles. The van der Waals surface area contributed by atoms with Crippen LogP contribution in [0, 0.1) is 11.8 Å². The number of carbonyl (C=O) groups is 1. The second-order valence-corrected chi connectivity index (χ2v) is 4.93. The maximum absolute atomic E-state index is 11.6. The highest BCUT2D eigenvalue weighted by Gasteiger charge is 2.17. The Kier molecular flexibility index (Phi) is 8.26. The van der Waals surface area contributed by atoms with E-state index in [1.807, 2.05) is 13.8 Å². The van der Waals surface area contributed by atoms with Gasteiger partial charge in [-0.3, -0.25) is 4.79 Å². The van der Waals surface area contributed by atoms with E-state index in [4.69, 9.17) is 5.73 Å². The minimum atomic E-state index is -0.372. The van der Waals surface area contributed by atoms with Gasteiger partial charge in [0.05, 0.1) is 6.04 Å². The van der Waals surface area contributed by atoms with Gasteiger partial charge in [0.1, 0.15) is 0 Å². The molecule has 0 rings (SSSR count). The minimum absolute atomic E-state index is 0.00931. The molecule has 0 saturated heterocycles. The summed E-state index contributed by atoms with van der Waals surface area (Å²) in [6, 6.07) is -0.372. The fourth-order valence-electron chi connectivity index (χ4n) is 1.61. The summed E-state index contributed by atoms with van der Waals surface area (Å²) in [5.74, 6) is 0.795. The molecular formula is C13H28N2O. The van der Waals surface area contributed by atoms with Crippen molar-refractivity contribution in [2.24, 2.45) is 17.6 Å². The van der Waals surface area contributed by atoms with E-state index >= 15 is 0 Å². The molecule has 0 bridgehead atoms. The summed E-state index contributed by atoms with van der Waals surface area (Å²) in [5, 5.41) is 2.96. The van der Waals surface area contributed by atoms with Crippen LogP contribution in [-0.2, 0) is 4.79 Å². The number of nitrogens with two attached hydrogens (primary N) is 1. The third-order valence-corrected chi connectivity index (χ3v) is 3.13. The van der Waals surface area contributed by atoms with Gasteiger partial charge >= 0.3 is 0 Å². The van der Waals surface area contributed by atoms with Crippen molar-refractivity contribution in [1.29, 1.82) is 0 Å². The SMILES string of the molecule is CCCCC(CC)CNC(=O)[C@H](N)C(C)C. The van der Waals surface area contributed by atoms with Crippen LogP contribution in [0.4, 0.5) is 0 Å². The van der Waals surface area contributed by atoms with Gasteiger partial charge in [0.2, 0.25) is 5.91 Å². The maximum Gasteiger partial charge on any atom is 0.237 e. The lowest BCUT2D eigenvalue weighted by atomic mass is 9.98. The lowest BCUT2D eigenvalue weighted by Gasteiger charge is -2.19. The third-order valence-electron chi connectivity index (χ3n) is 3.13. The molecule has 0 aliphatic carbocycles. The zero-order valence-corrected chi connectivity index (χ0v) is 11.3. The maximum atomic E-state index is 11.6. The van der Waals surface area contributed by atoms with Crippen LogP contribution >= 0.6 is 0 Å². The van der Waals surface area contributed by atoms with Crippen molar-refractivity contribution in [2.45, 2.75) is 59.4 Å². The highest BCUT2D eigenvalue weighted by atomic mass is 16.2. The predicted molar refractivity (Wildman–Crippen MR) is 69.1 cm³/mol. The third kappa shape index (κ3) is 6.11. The second-order valence-electron chi connectivity index (χ2n) is 4.93. The summed E-state index contributed by atoms with van der Waals surface area (Å²) in [7, 11) is 0. The van der Waals surface area contributed by atoms with Gasteiger partial charge in [0, 0.05) is 6.54 Å². The average Bonchev–Trinajstić information content (AvgIpc) is 2.27. The fraction of sp³-hybridized carbons (Fsp3) is 0.923. The van der Waals surface area contributed by atoms with Crippen molar-refractivity contribution in [1.82, 2.24) is 5.32 Å². The standard InChI is InChI=1S/C13H28N2O/c1-5-7-8-11(6-2)9-15-13(16)12(14)10(3)4/h10-12H,5-9,14H2,1-4H3,(H,15,16)/t11?,12-/m1/s1.